The summed E-state index contributed by atoms with van der Waals surface area (Å²) in [6.07, 6.45) is -0.594. The first-order chi connectivity index (χ1) is 6.57. The molecule has 8 heteroatoms. The molecule has 15 heavy (non-hydrogen) atoms. The Morgan fingerprint density at radius 1 is 1.47 bits per heavy atom. The van der Waals surface area contributed by atoms with Crippen molar-refractivity contribution in [2.45, 2.75) is 26.6 Å². The van der Waals surface area contributed by atoms with E-state index in [1.165, 1.54) is 6.92 Å². The van der Waals surface area contributed by atoms with Crippen LogP contribution < -0.4 is 0 Å². The van der Waals surface area contributed by atoms with Gasteiger partial charge in [0.15, 0.2) is 0 Å². The second-order valence-electron chi connectivity index (χ2n) is 2.50. The van der Waals surface area contributed by atoms with E-state index < -0.39 is 22.7 Å². The molecular formula is C7H14O7S. The van der Waals surface area contributed by atoms with Gasteiger partial charge in [0, 0.05) is 12.0 Å². The van der Waals surface area contributed by atoms with Crippen LogP contribution in [-0.4, -0.2) is 34.9 Å². The van der Waals surface area contributed by atoms with Crippen molar-refractivity contribution in [1.82, 2.24) is 0 Å². The van der Waals surface area contributed by atoms with Gasteiger partial charge in [-0.1, -0.05) is 13.5 Å². The number of hydrogen-bond donors (Lipinski definition) is 3. The lowest BCUT2D eigenvalue weighted by Gasteiger charge is -2.08. The fraction of sp³-hybridized carbons (Fsp3) is 0.571. The van der Waals surface area contributed by atoms with Crippen LogP contribution in [-0.2, 0) is 19.9 Å². The van der Waals surface area contributed by atoms with Gasteiger partial charge < -0.3 is 9.84 Å². The zero-order valence-corrected chi connectivity index (χ0v) is 9.19. The summed E-state index contributed by atoms with van der Waals surface area (Å²) in [5.41, 5.74) is 0.299. The van der Waals surface area contributed by atoms with E-state index in [0.29, 0.717) is 12.0 Å². The molecule has 0 aromatic rings. The van der Waals surface area contributed by atoms with Gasteiger partial charge >= 0.3 is 16.4 Å². The third-order valence-corrected chi connectivity index (χ3v) is 0.941. The van der Waals surface area contributed by atoms with Crippen molar-refractivity contribution in [3.63, 3.8) is 0 Å². The monoisotopic (exact) mass is 242 g/mol. The minimum Gasteiger partial charge on any atom is -0.433 e. The largest absolute Gasteiger partial charge is 0.433 e. The van der Waals surface area contributed by atoms with Gasteiger partial charge in [0.25, 0.3) is 0 Å². The van der Waals surface area contributed by atoms with E-state index >= 15 is 0 Å². The number of aliphatic hydroxyl groups excluding tert-OH is 1. The lowest BCUT2D eigenvalue weighted by Crippen LogP contribution is -2.16. The smallest absolute Gasteiger partial charge is 0.394 e. The van der Waals surface area contributed by atoms with E-state index in [1.807, 2.05) is 0 Å². The number of esters is 1. The van der Waals surface area contributed by atoms with Crippen molar-refractivity contribution >= 4 is 16.4 Å². The summed E-state index contributed by atoms with van der Waals surface area (Å²) < 4.78 is 36.1. The summed E-state index contributed by atoms with van der Waals surface area (Å²) in [5, 5.41) is 8.79. The fourth-order valence-electron chi connectivity index (χ4n) is 0.307. The van der Waals surface area contributed by atoms with Gasteiger partial charge in [-0.15, -0.1) is 0 Å². The average Bonchev–Trinajstić information content (AvgIpc) is 2.00. The number of ether oxygens (including phenoxy) is 1. The zero-order valence-electron chi connectivity index (χ0n) is 8.37. The molecule has 0 spiro atoms. The molecule has 0 heterocycles. The number of hydrogen-bond acceptors (Lipinski definition) is 5. The second-order valence-corrected chi connectivity index (χ2v) is 3.39. The minimum absolute atomic E-state index is 0.299. The fourth-order valence-corrected chi connectivity index (χ4v) is 0.307. The average molecular weight is 242 g/mol. The highest BCUT2D eigenvalue weighted by Gasteiger charge is 2.08. The van der Waals surface area contributed by atoms with Gasteiger partial charge in [-0.05, 0) is 6.92 Å². The second kappa shape index (κ2) is 7.35. The number of carbonyl (C=O) groups is 1. The molecule has 1 atom stereocenters. The number of aliphatic hydroxyl groups is 1. The summed E-state index contributed by atoms with van der Waals surface area (Å²) in [4.78, 5) is 10.6. The maximum atomic E-state index is 10.6. The van der Waals surface area contributed by atoms with Crippen LogP contribution in [0.15, 0.2) is 12.2 Å². The minimum atomic E-state index is -4.67. The maximum absolute atomic E-state index is 10.6. The molecule has 0 aliphatic carbocycles. The third kappa shape index (κ3) is 19.4. The van der Waals surface area contributed by atoms with Crippen LogP contribution in [0.1, 0.15) is 20.3 Å². The van der Waals surface area contributed by atoms with Gasteiger partial charge in [-0.25, -0.2) is 4.79 Å². The molecule has 7 nitrogen and oxygen atoms in total. The van der Waals surface area contributed by atoms with Gasteiger partial charge in [-0.3, -0.25) is 9.11 Å². The van der Waals surface area contributed by atoms with Crippen LogP contribution in [0, 0.1) is 0 Å². The molecule has 0 aliphatic heterocycles. The van der Waals surface area contributed by atoms with Gasteiger partial charge in [-0.2, -0.15) is 8.42 Å². The molecule has 3 N–H and O–H groups in total. The summed E-state index contributed by atoms with van der Waals surface area (Å²) in [7, 11) is -4.67. The highest BCUT2D eigenvalue weighted by Crippen LogP contribution is 1.98. The molecule has 0 rings (SSSR count). The van der Waals surface area contributed by atoms with Gasteiger partial charge in [0.2, 0.25) is 6.29 Å². The Hall–Kier alpha value is -0.960. The third-order valence-electron chi connectivity index (χ3n) is 0.941. The Balaban J connectivity index is 0. The van der Waals surface area contributed by atoms with Crippen LogP contribution in [0.25, 0.3) is 0 Å². The van der Waals surface area contributed by atoms with Crippen molar-refractivity contribution in [3.8, 4) is 0 Å². The summed E-state index contributed by atoms with van der Waals surface area (Å²) in [5.74, 6) is -0.547. The normalized spacial score (nSPS) is 12.1. The molecular weight excluding hydrogens is 228 g/mol. The van der Waals surface area contributed by atoms with Gasteiger partial charge in [0.05, 0.1) is 0 Å². The quantitative estimate of drug-likeness (QED) is 0.279. The molecule has 0 aliphatic rings. The van der Waals surface area contributed by atoms with E-state index in [1.54, 1.807) is 6.92 Å². The lowest BCUT2D eigenvalue weighted by atomic mass is 10.3. The SMILES string of the molecule is C=C(C)C(=O)OC(O)CC.O=S(=O)(O)O. The van der Waals surface area contributed by atoms with Crippen LogP contribution >= 0.6 is 0 Å². The summed E-state index contributed by atoms with van der Waals surface area (Å²) >= 11 is 0. The predicted octanol–water partition coefficient (Wildman–Crippen LogP) is 0.181. The first-order valence-corrected chi connectivity index (χ1v) is 5.22. The molecule has 0 saturated heterocycles. The molecule has 0 aromatic carbocycles. The molecule has 0 fully saturated rings. The van der Waals surface area contributed by atoms with Crippen LogP contribution in [0.3, 0.4) is 0 Å². The number of rotatable bonds is 3. The molecule has 90 valence electrons. The Kier molecular flexibility index (Phi) is 8.07. The lowest BCUT2D eigenvalue weighted by molar-refractivity contribution is -0.162. The van der Waals surface area contributed by atoms with Gasteiger partial charge in [0.1, 0.15) is 0 Å². The number of carbonyl (C=O) groups excluding carboxylic acids is 1. The predicted molar refractivity (Wildman–Crippen MR) is 51.4 cm³/mol. The first kappa shape index (κ1) is 16.5. The van der Waals surface area contributed by atoms with Crippen LogP contribution in [0.4, 0.5) is 0 Å². The van der Waals surface area contributed by atoms with E-state index in [-0.39, 0.29) is 0 Å². The maximum Gasteiger partial charge on any atom is 0.394 e. The summed E-state index contributed by atoms with van der Waals surface area (Å²) in [6.45, 7) is 6.61. The van der Waals surface area contributed by atoms with Crippen molar-refractivity contribution in [3.05, 3.63) is 12.2 Å². The van der Waals surface area contributed by atoms with E-state index in [0.717, 1.165) is 0 Å². The van der Waals surface area contributed by atoms with Crippen molar-refractivity contribution in [2.24, 2.45) is 0 Å². The van der Waals surface area contributed by atoms with E-state index in [2.05, 4.69) is 11.3 Å². The van der Waals surface area contributed by atoms with E-state index in [9.17, 15) is 4.79 Å². The Labute approximate surface area is 87.9 Å². The van der Waals surface area contributed by atoms with Crippen LogP contribution in [0.2, 0.25) is 0 Å². The first-order valence-electron chi connectivity index (χ1n) is 3.82. The highest BCUT2D eigenvalue weighted by molar-refractivity contribution is 7.79. The molecule has 1 unspecified atom stereocenters. The van der Waals surface area contributed by atoms with Crippen molar-refractivity contribution in [1.29, 1.82) is 0 Å². The Bertz CT molecular complexity index is 297. The Morgan fingerprint density at radius 2 is 1.80 bits per heavy atom. The summed E-state index contributed by atoms with van der Waals surface area (Å²) in [6, 6.07) is 0. The zero-order chi connectivity index (χ0) is 12.6. The molecule has 0 amide bonds. The standard InChI is InChI=1S/C7H12O3.H2O4S/c1-4-6(8)10-7(9)5(2)3;1-5(2,3)4/h6,8H,2,4H2,1,3H3;(H2,1,2,3,4). The van der Waals surface area contributed by atoms with E-state index in [4.69, 9.17) is 22.6 Å². The molecule has 0 aromatic heterocycles. The highest BCUT2D eigenvalue weighted by atomic mass is 32.3. The van der Waals surface area contributed by atoms with Crippen molar-refractivity contribution in [2.75, 3.05) is 0 Å². The Morgan fingerprint density at radius 3 is 2.00 bits per heavy atom. The topological polar surface area (TPSA) is 121 Å². The molecule has 0 bridgehead atoms. The van der Waals surface area contributed by atoms with Crippen LogP contribution in [0.5, 0.6) is 0 Å². The molecule has 0 radical (unpaired) electrons. The van der Waals surface area contributed by atoms with Crippen molar-refractivity contribution < 1.29 is 32.2 Å². The molecule has 0 saturated carbocycles.